The Kier molecular flexibility index (Phi) is 4.76. The number of ether oxygens (including phenoxy) is 1. The summed E-state index contributed by atoms with van der Waals surface area (Å²) in [6.45, 7) is 4.56. The molecule has 6 heteroatoms. The maximum atomic E-state index is 6.43. The van der Waals surface area contributed by atoms with Crippen LogP contribution in [-0.2, 0) is 5.41 Å². The summed E-state index contributed by atoms with van der Waals surface area (Å²) in [5.74, 6) is 2.49. The largest absolute Gasteiger partial charge is 0.457 e. The van der Waals surface area contributed by atoms with Crippen LogP contribution in [-0.4, -0.2) is 24.3 Å². The van der Waals surface area contributed by atoms with Crippen molar-refractivity contribution in [1.82, 2.24) is 24.3 Å². The number of fused-ring (bicyclic) bond motifs is 5. The molecule has 0 saturated carbocycles. The molecule has 0 bridgehead atoms. The molecule has 3 aromatic carbocycles. The molecule has 1 aliphatic heterocycles. The molecule has 0 atom stereocenters. The molecule has 0 unspecified atom stereocenters. The zero-order valence-corrected chi connectivity index (χ0v) is 22.1. The highest BCUT2D eigenvalue weighted by molar-refractivity contribution is 6.11. The average molecular weight is 520 g/mol. The van der Waals surface area contributed by atoms with Crippen LogP contribution in [0.5, 0.6) is 11.5 Å². The first-order chi connectivity index (χ1) is 19.6. The molecule has 0 N–H and O–H groups in total. The maximum absolute atomic E-state index is 6.43. The minimum Gasteiger partial charge on any atom is -0.457 e. The van der Waals surface area contributed by atoms with E-state index in [1.807, 2.05) is 78.0 Å². The molecule has 0 aliphatic carbocycles. The number of hydrogen-bond acceptors (Lipinski definition) is 4. The van der Waals surface area contributed by atoms with Gasteiger partial charge in [0.2, 0.25) is 0 Å². The Morgan fingerprint density at radius 3 is 2.48 bits per heavy atom. The van der Waals surface area contributed by atoms with Crippen molar-refractivity contribution in [3.63, 3.8) is 0 Å². The lowest BCUT2D eigenvalue weighted by Crippen LogP contribution is -2.26. The highest BCUT2D eigenvalue weighted by Gasteiger charge is 2.35. The second-order valence-electron chi connectivity index (χ2n) is 10.7. The van der Waals surface area contributed by atoms with Crippen LogP contribution < -0.4 is 4.74 Å². The fraction of sp³-hybridized carbons (Fsp3) is 0.0882. The predicted octanol–water partition coefficient (Wildman–Crippen LogP) is 7.86. The predicted molar refractivity (Wildman–Crippen MR) is 158 cm³/mol. The Hall–Kier alpha value is -5.23. The van der Waals surface area contributed by atoms with E-state index in [0.29, 0.717) is 0 Å². The third-order valence-electron chi connectivity index (χ3n) is 8.00. The smallest absolute Gasteiger partial charge is 0.141 e. The maximum Gasteiger partial charge on any atom is 0.141 e. The third kappa shape index (κ3) is 3.32. The van der Waals surface area contributed by atoms with E-state index in [9.17, 15) is 0 Å². The molecular weight excluding hydrogens is 494 g/mol. The number of rotatable bonds is 4. The van der Waals surface area contributed by atoms with E-state index in [1.165, 1.54) is 27.4 Å². The van der Waals surface area contributed by atoms with Crippen molar-refractivity contribution in [3.05, 3.63) is 127 Å². The average Bonchev–Trinajstić information content (AvgIpc) is 3.61. The van der Waals surface area contributed by atoms with Gasteiger partial charge in [0, 0.05) is 69.8 Å². The molecule has 5 heterocycles. The normalized spacial score (nSPS) is 13.4. The van der Waals surface area contributed by atoms with Gasteiger partial charge in [0.05, 0.1) is 22.9 Å². The quantitative estimate of drug-likeness (QED) is 0.238. The molecule has 192 valence electrons. The van der Waals surface area contributed by atoms with Crippen molar-refractivity contribution >= 4 is 21.8 Å². The molecular formula is C34H25N5O. The molecule has 4 aromatic heterocycles. The third-order valence-corrected chi connectivity index (χ3v) is 8.00. The summed E-state index contributed by atoms with van der Waals surface area (Å²) in [7, 11) is 0. The van der Waals surface area contributed by atoms with Gasteiger partial charge in [-0.05, 0) is 42.0 Å². The van der Waals surface area contributed by atoms with E-state index in [0.717, 1.165) is 39.6 Å². The SMILES string of the molecule is CC1(C)c2cccnc2-n2c3cc(Oc4cccc(-n5cc(-c6cccnc6)cn5)c4)ccc3c3cccc1c32. The lowest BCUT2D eigenvalue weighted by molar-refractivity contribution is 0.483. The number of pyridine rings is 2. The molecule has 0 amide bonds. The molecule has 6 nitrogen and oxygen atoms in total. The number of nitrogens with zero attached hydrogens (tertiary/aromatic N) is 5. The van der Waals surface area contributed by atoms with Gasteiger partial charge in [0.15, 0.2) is 0 Å². The van der Waals surface area contributed by atoms with E-state index in [-0.39, 0.29) is 5.41 Å². The van der Waals surface area contributed by atoms with Crippen molar-refractivity contribution in [2.24, 2.45) is 0 Å². The van der Waals surface area contributed by atoms with Crippen LogP contribution >= 0.6 is 0 Å². The first kappa shape index (κ1) is 22.7. The zero-order chi connectivity index (χ0) is 26.8. The zero-order valence-electron chi connectivity index (χ0n) is 22.1. The van der Waals surface area contributed by atoms with Crippen molar-refractivity contribution in [3.8, 4) is 34.1 Å². The molecule has 0 radical (unpaired) electrons. The van der Waals surface area contributed by atoms with Crippen molar-refractivity contribution in [2.75, 3.05) is 0 Å². The van der Waals surface area contributed by atoms with Crippen LogP contribution in [0.25, 0.3) is 44.4 Å². The first-order valence-electron chi connectivity index (χ1n) is 13.3. The molecule has 1 aliphatic rings. The number of hydrogen-bond donors (Lipinski definition) is 0. The first-order valence-corrected chi connectivity index (χ1v) is 13.3. The summed E-state index contributed by atoms with van der Waals surface area (Å²) in [6, 6.07) is 29.1. The lowest BCUT2D eigenvalue weighted by Gasteiger charge is -2.33. The molecule has 0 saturated heterocycles. The van der Waals surface area contributed by atoms with Crippen LogP contribution in [0.4, 0.5) is 0 Å². The van der Waals surface area contributed by atoms with Crippen molar-refractivity contribution < 1.29 is 4.74 Å². The van der Waals surface area contributed by atoms with Crippen molar-refractivity contribution in [2.45, 2.75) is 19.3 Å². The monoisotopic (exact) mass is 519 g/mol. The van der Waals surface area contributed by atoms with Crippen LogP contribution in [0.2, 0.25) is 0 Å². The van der Waals surface area contributed by atoms with E-state index in [2.05, 4.69) is 64.9 Å². The molecule has 8 rings (SSSR count). The Morgan fingerprint density at radius 2 is 1.57 bits per heavy atom. The highest BCUT2D eigenvalue weighted by atomic mass is 16.5. The van der Waals surface area contributed by atoms with E-state index >= 15 is 0 Å². The van der Waals surface area contributed by atoms with Crippen LogP contribution in [0.1, 0.15) is 25.0 Å². The van der Waals surface area contributed by atoms with Gasteiger partial charge in [0.25, 0.3) is 0 Å². The number of aromatic nitrogens is 5. The van der Waals surface area contributed by atoms with Gasteiger partial charge >= 0.3 is 0 Å². The highest BCUT2D eigenvalue weighted by Crippen LogP contribution is 2.47. The van der Waals surface area contributed by atoms with Crippen molar-refractivity contribution in [1.29, 1.82) is 0 Å². The molecule has 40 heavy (non-hydrogen) atoms. The summed E-state index contributed by atoms with van der Waals surface area (Å²) in [5.41, 5.74) is 7.64. The summed E-state index contributed by atoms with van der Waals surface area (Å²) in [6.07, 6.45) is 9.34. The summed E-state index contributed by atoms with van der Waals surface area (Å²) in [4.78, 5) is 9.07. The molecule has 7 aromatic rings. The second-order valence-corrected chi connectivity index (χ2v) is 10.7. The topological polar surface area (TPSA) is 57.8 Å². The van der Waals surface area contributed by atoms with Crippen LogP contribution in [0.3, 0.4) is 0 Å². The van der Waals surface area contributed by atoms with Gasteiger partial charge in [-0.25, -0.2) is 9.67 Å². The summed E-state index contributed by atoms with van der Waals surface area (Å²) >= 11 is 0. The molecule has 0 spiro atoms. The Balaban J connectivity index is 1.21. The van der Waals surface area contributed by atoms with Gasteiger partial charge in [-0.1, -0.05) is 50.2 Å². The summed E-state index contributed by atoms with van der Waals surface area (Å²) in [5, 5.41) is 6.99. The fourth-order valence-corrected chi connectivity index (χ4v) is 6.01. The van der Waals surface area contributed by atoms with E-state index in [1.54, 1.807) is 6.20 Å². The van der Waals surface area contributed by atoms with Gasteiger partial charge in [-0.2, -0.15) is 5.10 Å². The number of para-hydroxylation sites is 1. The Bertz CT molecular complexity index is 2070. The fourth-order valence-electron chi connectivity index (χ4n) is 6.01. The van der Waals surface area contributed by atoms with Gasteiger partial charge < -0.3 is 4.74 Å². The van der Waals surface area contributed by atoms with Gasteiger partial charge in [-0.3, -0.25) is 9.55 Å². The molecule has 0 fully saturated rings. The Labute approximate surface area is 231 Å². The van der Waals surface area contributed by atoms with Gasteiger partial charge in [0.1, 0.15) is 17.3 Å². The van der Waals surface area contributed by atoms with E-state index in [4.69, 9.17) is 9.72 Å². The van der Waals surface area contributed by atoms with Crippen LogP contribution in [0, 0.1) is 0 Å². The summed E-state index contributed by atoms with van der Waals surface area (Å²) < 4.78 is 10.6. The standard InChI is InChI=1S/C34H25N5O/c1-34(2)29-11-4-10-28-27-14-13-26(18-31(27)39(32(28)29)33-30(34)12-6-16-36-33)40-25-9-3-8-24(17-25)38-21-23(20-37-38)22-7-5-15-35-19-22/h3-21H,1-2H3. The van der Waals surface area contributed by atoms with Crippen LogP contribution in [0.15, 0.2) is 116 Å². The minimum atomic E-state index is -0.142. The minimum absolute atomic E-state index is 0.142. The lowest BCUT2D eigenvalue weighted by atomic mass is 9.76. The number of benzene rings is 3. The Morgan fingerprint density at radius 1 is 0.725 bits per heavy atom. The second kappa shape index (κ2) is 8.38. The van der Waals surface area contributed by atoms with E-state index < -0.39 is 0 Å². The van der Waals surface area contributed by atoms with Gasteiger partial charge in [-0.15, -0.1) is 0 Å².